The number of fused-ring (bicyclic) bond motifs is 5. The van der Waals surface area contributed by atoms with Crippen LogP contribution in [0.1, 0.15) is 0 Å². The Kier molecular flexibility index (Phi) is 6.39. The molecule has 0 aliphatic carbocycles. The van der Waals surface area contributed by atoms with Gasteiger partial charge in [0.25, 0.3) is 0 Å². The maximum absolute atomic E-state index is 6.70. The smallest absolute Gasteiger partial charge is 0.136 e. The lowest BCUT2D eigenvalue weighted by Gasteiger charge is -2.29. The van der Waals surface area contributed by atoms with Crippen molar-refractivity contribution < 1.29 is 4.74 Å². The van der Waals surface area contributed by atoms with E-state index < -0.39 is 0 Å². The van der Waals surface area contributed by atoms with Gasteiger partial charge in [0, 0.05) is 37.5 Å². The Balaban J connectivity index is 1.17. The van der Waals surface area contributed by atoms with Gasteiger partial charge in [-0.2, -0.15) is 0 Å². The SMILES string of the molecule is c1ccc(-c2ccc3c(c2)Oc2ccc(N(c4ccccc4)c4cccc5c4sc4cc(-c6ccccc6)ccc45)c4cccc-3c24)cc1. The Hall–Kier alpha value is -6.16. The number of rotatable bonds is 5. The van der Waals surface area contributed by atoms with Gasteiger partial charge in [0.05, 0.1) is 16.1 Å². The average molecular weight is 644 g/mol. The molecule has 1 aliphatic heterocycles. The van der Waals surface area contributed by atoms with E-state index in [2.05, 4.69) is 181 Å². The van der Waals surface area contributed by atoms with Gasteiger partial charge in [-0.25, -0.2) is 0 Å². The van der Waals surface area contributed by atoms with E-state index in [1.54, 1.807) is 0 Å². The van der Waals surface area contributed by atoms with E-state index in [1.165, 1.54) is 42.4 Å². The summed E-state index contributed by atoms with van der Waals surface area (Å²) < 4.78 is 9.25. The standard InChI is InChI=1S/C46H29NOS/c1-4-12-30(13-5-1)32-22-24-35-37-18-10-20-39-40(26-27-42(45(37)39)48-43(35)28-32)47(34-16-8-3-9-17-34)41-21-11-19-38-36-25-23-33(29-44(36)49-46(38)41)31-14-6-2-7-15-31/h1-29H. The molecule has 2 nitrogen and oxygen atoms in total. The molecule has 1 aromatic heterocycles. The summed E-state index contributed by atoms with van der Waals surface area (Å²) in [4.78, 5) is 2.42. The summed E-state index contributed by atoms with van der Waals surface area (Å²) in [5.74, 6) is 1.77. The van der Waals surface area contributed by atoms with Gasteiger partial charge >= 0.3 is 0 Å². The molecule has 1 aliphatic rings. The summed E-state index contributed by atoms with van der Waals surface area (Å²) >= 11 is 1.87. The highest BCUT2D eigenvalue weighted by Crippen LogP contribution is 2.52. The highest BCUT2D eigenvalue weighted by Gasteiger charge is 2.25. The van der Waals surface area contributed by atoms with E-state index in [9.17, 15) is 0 Å². The van der Waals surface area contributed by atoms with Crippen molar-refractivity contribution in [1.29, 1.82) is 0 Å². The first kappa shape index (κ1) is 27.9. The maximum Gasteiger partial charge on any atom is 0.136 e. The zero-order valence-electron chi connectivity index (χ0n) is 26.5. The number of thiophene rings is 1. The lowest BCUT2D eigenvalue weighted by atomic mass is 9.92. The van der Waals surface area contributed by atoms with E-state index in [1.807, 2.05) is 11.3 Å². The molecule has 0 radical (unpaired) electrons. The molecule has 49 heavy (non-hydrogen) atoms. The van der Waals surface area contributed by atoms with Gasteiger partial charge in [-0.1, -0.05) is 127 Å². The molecule has 230 valence electrons. The highest BCUT2D eigenvalue weighted by atomic mass is 32.1. The summed E-state index contributed by atoms with van der Waals surface area (Å²) in [5.41, 5.74) is 10.5. The molecule has 0 saturated carbocycles. The van der Waals surface area contributed by atoms with Crippen LogP contribution in [0.5, 0.6) is 11.5 Å². The third-order valence-electron chi connectivity index (χ3n) is 9.66. The lowest BCUT2D eigenvalue weighted by molar-refractivity contribution is 0.487. The molecule has 0 bridgehead atoms. The molecule has 10 rings (SSSR count). The van der Waals surface area contributed by atoms with E-state index in [4.69, 9.17) is 4.74 Å². The second-order valence-corrected chi connectivity index (χ2v) is 13.5. The number of nitrogens with zero attached hydrogens (tertiary/aromatic N) is 1. The topological polar surface area (TPSA) is 12.5 Å². The Morgan fingerprint density at radius 3 is 1.86 bits per heavy atom. The molecule has 0 fully saturated rings. The van der Waals surface area contributed by atoms with Crippen molar-refractivity contribution in [3.8, 4) is 44.9 Å². The van der Waals surface area contributed by atoms with Crippen LogP contribution < -0.4 is 9.64 Å². The number of ether oxygens (including phenoxy) is 1. The van der Waals surface area contributed by atoms with E-state index in [-0.39, 0.29) is 0 Å². The van der Waals surface area contributed by atoms with Gasteiger partial charge in [0.15, 0.2) is 0 Å². The Bertz CT molecular complexity index is 2680. The largest absolute Gasteiger partial charge is 0.456 e. The number of hydrogen-bond donors (Lipinski definition) is 0. The number of hydrogen-bond acceptors (Lipinski definition) is 3. The molecule has 9 aromatic rings. The molecule has 3 heteroatoms. The van der Waals surface area contributed by atoms with Crippen molar-refractivity contribution in [2.45, 2.75) is 0 Å². The molecule has 0 atom stereocenters. The minimum absolute atomic E-state index is 0.883. The van der Waals surface area contributed by atoms with Crippen molar-refractivity contribution in [2.24, 2.45) is 0 Å². The van der Waals surface area contributed by atoms with Gasteiger partial charge in [0.2, 0.25) is 0 Å². The van der Waals surface area contributed by atoms with Gasteiger partial charge in [0.1, 0.15) is 11.5 Å². The zero-order chi connectivity index (χ0) is 32.3. The van der Waals surface area contributed by atoms with Crippen molar-refractivity contribution in [1.82, 2.24) is 0 Å². The monoisotopic (exact) mass is 643 g/mol. The minimum atomic E-state index is 0.883. The second kappa shape index (κ2) is 11.2. The van der Waals surface area contributed by atoms with Crippen molar-refractivity contribution in [3.63, 3.8) is 0 Å². The van der Waals surface area contributed by atoms with Crippen molar-refractivity contribution in [2.75, 3.05) is 4.90 Å². The van der Waals surface area contributed by atoms with Crippen LogP contribution in [-0.4, -0.2) is 0 Å². The first-order valence-electron chi connectivity index (χ1n) is 16.6. The maximum atomic E-state index is 6.70. The van der Waals surface area contributed by atoms with Crippen LogP contribution in [0.4, 0.5) is 17.1 Å². The molecular formula is C46H29NOS. The Morgan fingerprint density at radius 1 is 0.408 bits per heavy atom. The molecule has 2 heterocycles. The normalized spacial score (nSPS) is 11.8. The Morgan fingerprint density at radius 2 is 1.08 bits per heavy atom. The van der Waals surface area contributed by atoms with E-state index in [0.29, 0.717) is 0 Å². The predicted molar refractivity (Wildman–Crippen MR) is 208 cm³/mol. The molecule has 0 saturated heterocycles. The Labute approximate surface area is 288 Å². The molecule has 8 aromatic carbocycles. The van der Waals surface area contributed by atoms with Gasteiger partial charge < -0.3 is 9.64 Å². The molecule has 0 N–H and O–H groups in total. The van der Waals surface area contributed by atoms with Crippen molar-refractivity contribution in [3.05, 3.63) is 176 Å². The summed E-state index contributed by atoms with van der Waals surface area (Å²) in [6.07, 6.45) is 0. The molecular weight excluding hydrogens is 615 g/mol. The fourth-order valence-electron chi connectivity index (χ4n) is 7.38. The van der Waals surface area contributed by atoms with Crippen LogP contribution in [0.25, 0.3) is 64.3 Å². The summed E-state index contributed by atoms with van der Waals surface area (Å²) in [6, 6.07) is 63.0. The first-order chi connectivity index (χ1) is 24.3. The fourth-order valence-corrected chi connectivity index (χ4v) is 8.62. The molecule has 0 spiro atoms. The summed E-state index contributed by atoms with van der Waals surface area (Å²) in [7, 11) is 0. The third-order valence-corrected chi connectivity index (χ3v) is 10.9. The number of benzene rings is 8. The van der Waals surface area contributed by atoms with Crippen LogP contribution in [0.15, 0.2) is 176 Å². The van der Waals surface area contributed by atoms with E-state index in [0.717, 1.165) is 50.5 Å². The van der Waals surface area contributed by atoms with Crippen molar-refractivity contribution >= 4 is 59.3 Å². The van der Waals surface area contributed by atoms with Crippen LogP contribution in [0.3, 0.4) is 0 Å². The number of para-hydroxylation sites is 1. The quantitative estimate of drug-likeness (QED) is 0.185. The van der Waals surface area contributed by atoms with Crippen LogP contribution >= 0.6 is 11.3 Å². The van der Waals surface area contributed by atoms with Crippen LogP contribution in [0.2, 0.25) is 0 Å². The second-order valence-electron chi connectivity index (χ2n) is 12.5. The van der Waals surface area contributed by atoms with E-state index >= 15 is 0 Å². The van der Waals surface area contributed by atoms with Crippen LogP contribution in [0, 0.1) is 0 Å². The van der Waals surface area contributed by atoms with Gasteiger partial charge in [-0.3, -0.25) is 0 Å². The zero-order valence-corrected chi connectivity index (χ0v) is 27.3. The molecule has 0 amide bonds. The summed E-state index contributed by atoms with van der Waals surface area (Å²) in [6.45, 7) is 0. The average Bonchev–Trinajstić information content (AvgIpc) is 3.55. The predicted octanol–water partition coefficient (Wildman–Crippen LogP) is 13.8. The highest BCUT2D eigenvalue weighted by molar-refractivity contribution is 7.26. The first-order valence-corrected chi connectivity index (χ1v) is 17.4. The summed E-state index contributed by atoms with van der Waals surface area (Å²) in [5, 5.41) is 4.84. The lowest BCUT2D eigenvalue weighted by Crippen LogP contribution is -2.11. The molecule has 0 unspecified atom stereocenters. The van der Waals surface area contributed by atoms with Gasteiger partial charge in [-0.05, 0) is 76.3 Å². The third kappa shape index (κ3) is 4.55. The van der Waals surface area contributed by atoms with Crippen LogP contribution in [-0.2, 0) is 0 Å². The van der Waals surface area contributed by atoms with Gasteiger partial charge in [-0.15, -0.1) is 11.3 Å². The minimum Gasteiger partial charge on any atom is -0.456 e. The fraction of sp³-hybridized carbons (Fsp3) is 0. The number of anilines is 3.